The molecule has 3 amide bonds. The Hall–Kier alpha value is -3.48. The predicted octanol–water partition coefficient (Wildman–Crippen LogP) is 3.36. The molecule has 3 N–H and O–H groups in total. The first-order chi connectivity index (χ1) is 13.5. The van der Waals surface area contributed by atoms with Crippen LogP contribution in [0.3, 0.4) is 0 Å². The Labute approximate surface area is 163 Å². The highest BCUT2D eigenvalue weighted by Gasteiger charge is 2.31. The minimum absolute atomic E-state index is 0.329. The van der Waals surface area contributed by atoms with E-state index in [2.05, 4.69) is 16.0 Å². The number of anilines is 1. The van der Waals surface area contributed by atoms with Gasteiger partial charge in [-0.05, 0) is 43.7 Å². The van der Waals surface area contributed by atoms with E-state index in [0.717, 1.165) is 5.56 Å². The van der Waals surface area contributed by atoms with Gasteiger partial charge < -0.3 is 25.4 Å². The Balaban J connectivity index is 1.95. The SMILES string of the molecule is CCOc1ccccc1NC(=O)C1=C(C)NC(=O)N[C@@H]1c1cccc(OC)c1. The predicted molar refractivity (Wildman–Crippen MR) is 106 cm³/mol. The summed E-state index contributed by atoms with van der Waals surface area (Å²) in [7, 11) is 1.57. The van der Waals surface area contributed by atoms with Crippen molar-refractivity contribution in [3.63, 3.8) is 0 Å². The van der Waals surface area contributed by atoms with Crippen molar-refractivity contribution < 1.29 is 19.1 Å². The molecule has 0 spiro atoms. The quantitative estimate of drug-likeness (QED) is 0.716. The van der Waals surface area contributed by atoms with E-state index in [1.165, 1.54) is 0 Å². The van der Waals surface area contributed by atoms with Gasteiger partial charge in [-0.1, -0.05) is 24.3 Å². The van der Waals surface area contributed by atoms with Crippen LogP contribution in [0.1, 0.15) is 25.5 Å². The lowest BCUT2D eigenvalue weighted by Gasteiger charge is -2.29. The number of ether oxygens (including phenoxy) is 2. The molecule has 0 saturated carbocycles. The van der Waals surface area contributed by atoms with Crippen LogP contribution in [0.15, 0.2) is 59.8 Å². The van der Waals surface area contributed by atoms with E-state index in [1.54, 1.807) is 38.3 Å². The maximum absolute atomic E-state index is 13.1. The van der Waals surface area contributed by atoms with Crippen LogP contribution in [0.5, 0.6) is 11.5 Å². The molecule has 0 unspecified atom stereocenters. The van der Waals surface area contributed by atoms with Gasteiger partial charge in [0.25, 0.3) is 5.91 Å². The van der Waals surface area contributed by atoms with Crippen LogP contribution < -0.4 is 25.4 Å². The van der Waals surface area contributed by atoms with E-state index < -0.39 is 6.04 Å². The molecule has 0 saturated heterocycles. The fourth-order valence-corrected chi connectivity index (χ4v) is 3.11. The molecule has 1 aliphatic heterocycles. The second-order valence-electron chi connectivity index (χ2n) is 6.23. The van der Waals surface area contributed by atoms with Crippen molar-refractivity contribution in [2.75, 3.05) is 19.0 Å². The molecule has 2 aromatic rings. The first-order valence-electron chi connectivity index (χ1n) is 8.99. The van der Waals surface area contributed by atoms with Gasteiger partial charge in [0.1, 0.15) is 11.5 Å². The van der Waals surface area contributed by atoms with Crippen molar-refractivity contribution >= 4 is 17.6 Å². The van der Waals surface area contributed by atoms with E-state index in [1.807, 2.05) is 31.2 Å². The minimum atomic E-state index is -0.608. The number of benzene rings is 2. The molecule has 2 aromatic carbocycles. The van der Waals surface area contributed by atoms with E-state index in [-0.39, 0.29) is 11.9 Å². The largest absolute Gasteiger partial charge is 0.497 e. The molecule has 0 fully saturated rings. The van der Waals surface area contributed by atoms with Gasteiger partial charge in [-0.2, -0.15) is 0 Å². The van der Waals surface area contributed by atoms with E-state index in [4.69, 9.17) is 9.47 Å². The molecule has 0 aliphatic carbocycles. The van der Waals surface area contributed by atoms with Crippen LogP contribution in [0.2, 0.25) is 0 Å². The highest BCUT2D eigenvalue weighted by Crippen LogP contribution is 2.31. The van der Waals surface area contributed by atoms with Crippen molar-refractivity contribution in [3.8, 4) is 11.5 Å². The lowest BCUT2D eigenvalue weighted by atomic mass is 9.94. The molecule has 0 aromatic heterocycles. The first kappa shape index (κ1) is 19.3. The Morgan fingerprint density at radius 1 is 1.18 bits per heavy atom. The topological polar surface area (TPSA) is 88.7 Å². The molecular formula is C21H23N3O4. The monoisotopic (exact) mass is 381 g/mol. The van der Waals surface area contributed by atoms with Crippen molar-refractivity contribution in [2.45, 2.75) is 19.9 Å². The van der Waals surface area contributed by atoms with E-state index in [9.17, 15) is 9.59 Å². The second kappa shape index (κ2) is 8.47. The van der Waals surface area contributed by atoms with Gasteiger partial charge in [0.05, 0.1) is 31.0 Å². The van der Waals surface area contributed by atoms with E-state index >= 15 is 0 Å². The van der Waals surface area contributed by atoms with Crippen LogP contribution in [-0.2, 0) is 4.79 Å². The van der Waals surface area contributed by atoms with Crippen LogP contribution in [0, 0.1) is 0 Å². The Morgan fingerprint density at radius 3 is 2.71 bits per heavy atom. The number of nitrogens with one attached hydrogen (secondary N) is 3. The summed E-state index contributed by atoms with van der Waals surface area (Å²) < 4.78 is 10.9. The zero-order chi connectivity index (χ0) is 20.1. The molecule has 0 radical (unpaired) electrons. The number of para-hydroxylation sites is 2. The number of urea groups is 1. The second-order valence-corrected chi connectivity index (χ2v) is 6.23. The number of amides is 3. The van der Waals surface area contributed by atoms with Crippen molar-refractivity contribution in [2.24, 2.45) is 0 Å². The molecule has 3 rings (SSSR count). The van der Waals surface area contributed by atoms with E-state index in [0.29, 0.717) is 35.1 Å². The number of methoxy groups -OCH3 is 1. The Morgan fingerprint density at radius 2 is 1.96 bits per heavy atom. The lowest BCUT2D eigenvalue weighted by Crippen LogP contribution is -2.46. The summed E-state index contributed by atoms with van der Waals surface area (Å²) in [6.07, 6.45) is 0. The number of hydrogen-bond donors (Lipinski definition) is 3. The van der Waals surface area contributed by atoms with Crippen LogP contribution >= 0.6 is 0 Å². The number of carbonyl (C=O) groups excluding carboxylic acids is 2. The molecular weight excluding hydrogens is 358 g/mol. The third kappa shape index (κ3) is 4.09. The molecule has 0 bridgehead atoms. The van der Waals surface area contributed by atoms with Gasteiger partial charge in [-0.25, -0.2) is 4.79 Å². The first-order valence-corrected chi connectivity index (χ1v) is 8.99. The molecule has 1 atom stereocenters. The van der Waals surface area contributed by atoms with Crippen molar-refractivity contribution in [3.05, 3.63) is 65.4 Å². The van der Waals surface area contributed by atoms with Gasteiger partial charge in [0.15, 0.2) is 0 Å². The Kier molecular flexibility index (Phi) is 5.84. The zero-order valence-corrected chi connectivity index (χ0v) is 16.0. The molecule has 7 heteroatoms. The highest BCUT2D eigenvalue weighted by molar-refractivity contribution is 6.07. The third-order valence-electron chi connectivity index (χ3n) is 4.38. The normalized spacial score (nSPS) is 16.1. The average molecular weight is 381 g/mol. The summed E-state index contributed by atoms with van der Waals surface area (Å²) in [5.74, 6) is 0.900. The fourth-order valence-electron chi connectivity index (χ4n) is 3.11. The third-order valence-corrected chi connectivity index (χ3v) is 4.38. The summed E-state index contributed by atoms with van der Waals surface area (Å²) in [6, 6.07) is 13.5. The summed E-state index contributed by atoms with van der Waals surface area (Å²) >= 11 is 0. The molecule has 1 heterocycles. The Bertz CT molecular complexity index is 923. The summed E-state index contributed by atoms with van der Waals surface area (Å²) in [4.78, 5) is 25.2. The van der Waals surface area contributed by atoms with Gasteiger partial charge >= 0.3 is 6.03 Å². The number of rotatable bonds is 6. The summed E-state index contributed by atoms with van der Waals surface area (Å²) in [5.41, 5.74) is 2.22. The van der Waals surface area contributed by atoms with Gasteiger partial charge in [-0.3, -0.25) is 4.79 Å². The smallest absolute Gasteiger partial charge is 0.319 e. The fraction of sp³-hybridized carbons (Fsp3) is 0.238. The number of hydrogen-bond acceptors (Lipinski definition) is 4. The standard InChI is InChI=1S/C21H23N3O4/c1-4-28-17-11-6-5-10-16(17)23-20(25)18-13(2)22-21(26)24-19(18)14-8-7-9-15(12-14)27-3/h5-12,19H,4H2,1-3H3,(H,23,25)(H2,22,24,26)/t19-/m1/s1. The van der Waals surface area contributed by atoms with Crippen LogP contribution in [-0.4, -0.2) is 25.7 Å². The number of allylic oxidation sites excluding steroid dienone is 1. The average Bonchev–Trinajstić information content (AvgIpc) is 2.69. The van der Waals surface area contributed by atoms with Gasteiger partial charge in [0.2, 0.25) is 0 Å². The van der Waals surface area contributed by atoms with Crippen LogP contribution in [0.25, 0.3) is 0 Å². The molecule has 1 aliphatic rings. The van der Waals surface area contributed by atoms with Crippen molar-refractivity contribution in [1.82, 2.24) is 10.6 Å². The lowest BCUT2D eigenvalue weighted by molar-refractivity contribution is -0.113. The summed E-state index contributed by atoms with van der Waals surface area (Å²) in [6.45, 7) is 4.07. The molecule has 7 nitrogen and oxygen atoms in total. The highest BCUT2D eigenvalue weighted by atomic mass is 16.5. The zero-order valence-electron chi connectivity index (χ0n) is 16.0. The minimum Gasteiger partial charge on any atom is -0.497 e. The van der Waals surface area contributed by atoms with Gasteiger partial charge in [-0.15, -0.1) is 0 Å². The number of carbonyl (C=O) groups is 2. The molecule has 28 heavy (non-hydrogen) atoms. The maximum atomic E-state index is 13.1. The van der Waals surface area contributed by atoms with Crippen molar-refractivity contribution in [1.29, 1.82) is 0 Å². The summed E-state index contributed by atoms with van der Waals surface area (Å²) in [5, 5.41) is 8.38. The maximum Gasteiger partial charge on any atom is 0.319 e. The molecule has 146 valence electrons. The van der Waals surface area contributed by atoms with Crippen LogP contribution in [0.4, 0.5) is 10.5 Å². The van der Waals surface area contributed by atoms with Gasteiger partial charge in [0, 0.05) is 5.70 Å².